The molecule has 0 N–H and O–H groups in total. The molecule has 0 nitrogen and oxygen atoms in total. The van der Waals surface area contributed by atoms with E-state index in [1.165, 1.54) is 0 Å². The van der Waals surface area contributed by atoms with Gasteiger partial charge in [0, 0.05) is 0 Å². The predicted octanol–water partition coefficient (Wildman–Crippen LogP) is -0.998. The van der Waals surface area contributed by atoms with Crippen LogP contribution in [0.25, 0.3) is 0 Å². The second-order valence-corrected chi connectivity index (χ2v) is 1.96. The third kappa shape index (κ3) is 2.87. The Balaban J connectivity index is 0.000000490. The summed E-state index contributed by atoms with van der Waals surface area (Å²) in [4.78, 5) is 0. The summed E-state index contributed by atoms with van der Waals surface area (Å²) in [6, 6.07) is 0. The number of halogens is 3. The zero-order valence-electron chi connectivity index (χ0n) is 4.70. The fraction of sp³-hybridized carbons (Fsp3) is 1.00. The van der Waals surface area contributed by atoms with Crippen LogP contribution in [0, 0.1) is 0 Å². The zero-order chi connectivity index (χ0) is 5.49. The molecule has 1 rings (SSSR count). The molecule has 0 amide bonds. The molecule has 0 aliphatic heterocycles. The van der Waals surface area contributed by atoms with Gasteiger partial charge in [-0.1, -0.05) is 18.7 Å². The van der Waals surface area contributed by atoms with E-state index in [9.17, 15) is 12.9 Å². The van der Waals surface area contributed by atoms with Gasteiger partial charge in [0.1, 0.15) is 0 Å². The zero-order valence-corrected chi connectivity index (χ0v) is 7.83. The van der Waals surface area contributed by atoms with E-state index in [-0.39, 0.29) is 51.4 Å². The van der Waals surface area contributed by atoms with Crippen LogP contribution in [0.4, 0.5) is 12.9 Å². The molecule has 8 heavy (non-hydrogen) atoms. The Morgan fingerprint density at radius 2 is 1.50 bits per heavy atom. The van der Waals surface area contributed by atoms with Crippen molar-refractivity contribution in [1.82, 2.24) is 0 Å². The maximum Gasteiger partial charge on any atom is 1.00 e. The van der Waals surface area contributed by atoms with Crippen molar-refractivity contribution in [2.45, 2.75) is 18.7 Å². The van der Waals surface area contributed by atoms with Gasteiger partial charge in [-0.2, -0.15) is 0 Å². The van der Waals surface area contributed by atoms with E-state index in [0.29, 0.717) is 12.8 Å². The number of hydrogen-bond donors (Lipinski definition) is 0. The van der Waals surface area contributed by atoms with Crippen LogP contribution in [0.2, 0.25) is 5.82 Å². The van der Waals surface area contributed by atoms with Gasteiger partial charge in [-0.25, -0.2) is 0 Å². The van der Waals surface area contributed by atoms with Gasteiger partial charge < -0.3 is 12.9 Å². The van der Waals surface area contributed by atoms with E-state index in [0.717, 1.165) is 0 Å². The number of rotatable bonds is 1. The van der Waals surface area contributed by atoms with Gasteiger partial charge in [0.05, 0.1) is 0 Å². The summed E-state index contributed by atoms with van der Waals surface area (Å²) in [5, 5.41) is 0. The summed E-state index contributed by atoms with van der Waals surface area (Å²) < 4.78 is 33.9. The quantitative estimate of drug-likeness (QED) is 0.418. The summed E-state index contributed by atoms with van der Waals surface area (Å²) in [5.74, 6) is -0.889. The van der Waals surface area contributed by atoms with Gasteiger partial charge >= 0.3 is 58.4 Å². The molecule has 1 fully saturated rings. The molecule has 0 radical (unpaired) electrons. The minimum atomic E-state index is -4.44. The predicted molar refractivity (Wildman–Crippen MR) is 22.1 cm³/mol. The Morgan fingerprint density at radius 1 is 1.12 bits per heavy atom. The maximum absolute atomic E-state index is 11.3. The summed E-state index contributed by atoms with van der Waals surface area (Å²) in [6.07, 6.45) is 0.757. The fourth-order valence-corrected chi connectivity index (χ4v) is 0.474. The van der Waals surface area contributed by atoms with Crippen molar-refractivity contribution in [2.24, 2.45) is 0 Å². The molecule has 1 saturated carbocycles. The van der Waals surface area contributed by atoms with Crippen molar-refractivity contribution in [3.8, 4) is 0 Å². The smallest absolute Gasteiger partial charge is 0.449 e. The van der Waals surface area contributed by atoms with E-state index >= 15 is 0 Å². The van der Waals surface area contributed by atoms with Crippen LogP contribution in [0.3, 0.4) is 0 Å². The average Bonchev–Trinajstić information content (AvgIpc) is 1.99. The molecular formula is C3H5BF3K. The normalized spacial score (nSPS) is 19.9. The molecule has 0 heterocycles. The minimum absolute atomic E-state index is 0. The van der Waals surface area contributed by atoms with E-state index in [1.807, 2.05) is 0 Å². The van der Waals surface area contributed by atoms with E-state index < -0.39 is 12.8 Å². The SMILES string of the molecule is F[B-](F)(F)C1CC1.[K+]. The molecule has 0 spiro atoms. The molecule has 1 aliphatic rings. The molecule has 42 valence electrons. The van der Waals surface area contributed by atoms with Gasteiger partial charge in [-0.15, -0.1) is 0 Å². The van der Waals surface area contributed by atoms with Crippen LogP contribution in [-0.4, -0.2) is 6.98 Å². The summed E-state index contributed by atoms with van der Waals surface area (Å²) in [7, 11) is 0. The topological polar surface area (TPSA) is 0 Å². The summed E-state index contributed by atoms with van der Waals surface area (Å²) in [5.41, 5.74) is 0. The van der Waals surface area contributed by atoms with Crippen LogP contribution >= 0.6 is 0 Å². The van der Waals surface area contributed by atoms with E-state index in [1.54, 1.807) is 0 Å². The fourth-order valence-electron chi connectivity index (χ4n) is 0.474. The van der Waals surface area contributed by atoms with Crippen molar-refractivity contribution < 1.29 is 64.3 Å². The minimum Gasteiger partial charge on any atom is -0.449 e. The van der Waals surface area contributed by atoms with Crippen LogP contribution in [0.5, 0.6) is 0 Å². The molecule has 5 heteroatoms. The second-order valence-electron chi connectivity index (χ2n) is 1.96. The van der Waals surface area contributed by atoms with E-state index in [4.69, 9.17) is 0 Å². The van der Waals surface area contributed by atoms with Crippen molar-refractivity contribution >= 4 is 6.98 Å². The van der Waals surface area contributed by atoms with Gasteiger partial charge in [-0.3, -0.25) is 0 Å². The molecule has 1 aliphatic carbocycles. The van der Waals surface area contributed by atoms with Gasteiger partial charge in [0.25, 0.3) is 0 Å². The van der Waals surface area contributed by atoms with Crippen molar-refractivity contribution in [3.05, 3.63) is 0 Å². The standard InChI is InChI=1S/C3H5BF3.K/c5-4(6,7)3-1-2-3;/h3H,1-2H2;/q-1;+1. The first kappa shape index (κ1) is 9.49. The summed E-state index contributed by atoms with van der Waals surface area (Å²) in [6.45, 7) is -4.44. The molecule has 0 aromatic carbocycles. The summed E-state index contributed by atoms with van der Waals surface area (Å²) >= 11 is 0. The first-order chi connectivity index (χ1) is 3.11. The number of hydrogen-bond acceptors (Lipinski definition) is 0. The third-order valence-electron chi connectivity index (χ3n) is 1.16. The van der Waals surface area contributed by atoms with E-state index in [2.05, 4.69) is 0 Å². The Labute approximate surface area is 88.7 Å². The Bertz CT molecular complexity index is 77.1. The molecule has 0 aromatic rings. The molecule has 0 atom stereocenters. The molecular weight excluding hydrogens is 143 g/mol. The van der Waals surface area contributed by atoms with Crippen molar-refractivity contribution in [3.63, 3.8) is 0 Å². The Morgan fingerprint density at radius 3 is 1.50 bits per heavy atom. The third-order valence-corrected chi connectivity index (χ3v) is 1.16. The first-order valence-corrected chi connectivity index (χ1v) is 2.30. The largest absolute Gasteiger partial charge is 1.00 e. The Kier molecular flexibility index (Phi) is 3.62. The molecule has 0 unspecified atom stereocenters. The van der Waals surface area contributed by atoms with Crippen LogP contribution in [-0.2, 0) is 0 Å². The van der Waals surface area contributed by atoms with Crippen LogP contribution in [0.15, 0.2) is 0 Å². The van der Waals surface area contributed by atoms with Crippen molar-refractivity contribution in [1.29, 1.82) is 0 Å². The van der Waals surface area contributed by atoms with Gasteiger partial charge in [0.15, 0.2) is 0 Å². The molecule has 0 aromatic heterocycles. The maximum atomic E-state index is 11.3. The monoisotopic (exact) mass is 148 g/mol. The molecule has 0 bridgehead atoms. The van der Waals surface area contributed by atoms with Gasteiger partial charge in [0.2, 0.25) is 0 Å². The van der Waals surface area contributed by atoms with Crippen molar-refractivity contribution in [2.75, 3.05) is 0 Å². The first-order valence-electron chi connectivity index (χ1n) is 2.30. The molecule has 0 saturated heterocycles. The second kappa shape index (κ2) is 3.05. The average molecular weight is 148 g/mol. The van der Waals surface area contributed by atoms with Crippen LogP contribution in [0.1, 0.15) is 12.8 Å². The van der Waals surface area contributed by atoms with Gasteiger partial charge in [-0.05, 0) is 0 Å². The van der Waals surface area contributed by atoms with Crippen LogP contribution < -0.4 is 51.4 Å². The Hall–Kier alpha value is 1.49.